The van der Waals surface area contributed by atoms with Crippen LogP contribution in [0.2, 0.25) is 0 Å². The summed E-state index contributed by atoms with van der Waals surface area (Å²) in [5, 5.41) is 0. The van der Waals surface area contributed by atoms with Crippen molar-refractivity contribution in [3.63, 3.8) is 0 Å². The van der Waals surface area contributed by atoms with Gasteiger partial charge in [-0.05, 0) is 49.8 Å². The minimum absolute atomic E-state index is 0.0395. The summed E-state index contributed by atoms with van der Waals surface area (Å²) in [5.41, 5.74) is 5.43. The first kappa shape index (κ1) is 19.9. The number of ether oxygens (including phenoxy) is 1. The van der Waals surface area contributed by atoms with E-state index < -0.39 is 0 Å². The molecule has 2 aliphatic carbocycles. The third-order valence-corrected chi connectivity index (χ3v) is 7.39. The standard InChI is InChI=1S/C27H28N2O2/c1-17-23-13-12-22-25(19-8-7-11-21(16-19)31-3)28-18(2)29-26(22)27(23,15-14-24(17)30)20-9-5-4-6-10-20/h4-11,16-17,23H,12-15H2,1-3H3/t17-,23-,27+/m0/s1. The number of rotatable bonds is 3. The summed E-state index contributed by atoms with van der Waals surface area (Å²) in [7, 11) is 1.69. The maximum Gasteiger partial charge on any atom is 0.136 e. The van der Waals surface area contributed by atoms with Crippen LogP contribution in [0.4, 0.5) is 0 Å². The van der Waals surface area contributed by atoms with E-state index in [0.717, 1.165) is 47.8 Å². The third kappa shape index (κ3) is 3.08. The van der Waals surface area contributed by atoms with Gasteiger partial charge in [0.05, 0.1) is 18.5 Å². The predicted molar refractivity (Wildman–Crippen MR) is 121 cm³/mol. The highest BCUT2D eigenvalue weighted by molar-refractivity contribution is 5.83. The van der Waals surface area contributed by atoms with Gasteiger partial charge in [-0.1, -0.05) is 49.4 Å². The van der Waals surface area contributed by atoms with E-state index in [0.29, 0.717) is 12.2 Å². The summed E-state index contributed by atoms with van der Waals surface area (Å²) < 4.78 is 5.47. The average molecular weight is 413 g/mol. The highest BCUT2D eigenvalue weighted by Gasteiger charge is 2.53. The van der Waals surface area contributed by atoms with Gasteiger partial charge in [0.25, 0.3) is 0 Å². The Labute approximate surface area is 183 Å². The number of aromatic nitrogens is 2. The molecule has 0 amide bonds. The number of benzene rings is 2. The molecule has 0 spiro atoms. The quantitative estimate of drug-likeness (QED) is 0.585. The summed E-state index contributed by atoms with van der Waals surface area (Å²) in [5.74, 6) is 2.29. The summed E-state index contributed by atoms with van der Waals surface area (Å²) >= 11 is 0. The van der Waals surface area contributed by atoms with E-state index in [2.05, 4.69) is 49.4 Å². The van der Waals surface area contributed by atoms with Gasteiger partial charge in [-0.3, -0.25) is 4.79 Å². The highest BCUT2D eigenvalue weighted by atomic mass is 16.5. The zero-order valence-corrected chi connectivity index (χ0v) is 18.4. The maximum atomic E-state index is 12.7. The van der Waals surface area contributed by atoms with Crippen LogP contribution < -0.4 is 4.74 Å². The van der Waals surface area contributed by atoms with Crippen LogP contribution in [0, 0.1) is 18.8 Å². The molecule has 1 aromatic heterocycles. The molecule has 1 fully saturated rings. The molecule has 1 saturated carbocycles. The van der Waals surface area contributed by atoms with E-state index in [1.165, 1.54) is 11.1 Å². The molecule has 2 aromatic carbocycles. The zero-order valence-electron chi connectivity index (χ0n) is 18.4. The molecule has 0 unspecified atom stereocenters. The van der Waals surface area contributed by atoms with Crippen molar-refractivity contribution in [2.24, 2.45) is 11.8 Å². The Kier molecular flexibility index (Phi) is 4.88. The van der Waals surface area contributed by atoms with Gasteiger partial charge in [0, 0.05) is 28.9 Å². The molecule has 0 saturated heterocycles. The molecule has 1 heterocycles. The lowest BCUT2D eigenvalue weighted by Gasteiger charge is -2.50. The molecule has 3 atom stereocenters. The summed E-state index contributed by atoms with van der Waals surface area (Å²) in [6.07, 6.45) is 3.27. The first-order valence-corrected chi connectivity index (χ1v) is 11.1. The van der Waals surface area contributed by atoms with E-state index >= 15 is 0 Å². The van der Waals surface area contributed by atoms with Crippen molar-refractivity contribution in [3.8, 4) is 17.0 Å². The summed E-state index contributed by atoms with van der Waals surface area (Å²) in [6.45, 7) is 4.09. The molecule has 0 aliphatic heterocycles. The minimum atomic E-state index is -0.247. The number of ketones is 1. The number of methoxy groups -OCH3 is 1. The number of Topliss-reactive ketones (excluding diaryl/α,β-unsaturated/α-hetero) is 1. The molecule has 158 valence electrons. The maximum absolute atomic E-state index is 12.7. The van der Waals surface area contributed by atoms with Crippen LogP contribution in [-0.2, 0) is 16.6 Å². The van der Waals surface area contributed by atoms with Crippen LogP contribution in [0.5, 0.6) is 5.75 Å². The second kappa shape index (κ2) is 7.60. The Morgan fingerprint density at radius 3 is 2.61 bits per heavy atom. The van der Waals surface area contributed by atoms with Crippen molar-refractivity contribution in [3.05, 3.63) is 77.2 Å². The van der Waals surface area contributed by atoms with Crippen molar-refractivity contribution in [1.29, 1.82) is 0 Å². The van der Waals surface area contributed by atoms with E-state index in [4.69, 9.17) is 14.7 Å². The van der Waals surface area contributed by atoms with Gasteiger partial charge >= 0.3 is 0 Å². The molecule has 31 heavy (non-hydrogen) atoms. The first-order chi connectivity index (χ1) is 15.0. The minimum Gasteiger partial charge on any atom is -0.497 e. The molecule has 0 N–H and O–H groups in total. The first-order valence-electron chi connectivity index (χ1n) is 11.1. The van der Waals surface area contributed by atoms with Crippen molar-refractivity contribution >= 4 is 5.78 Å². The molecule has 0 bridgehead atoms. The van der Waals surface area contributed by atoms with Gasteiger partial charge in [-0.2, -0.15) is 0 Å². The van der Waals surface area contributed by atoms with Gasteiger partial charge < -0.3 is 4.74 Å². The van der Waals surface area contributed by atoms with Gasteiger partial charge in [0.2, 0.25) is 0 Å². The van der Waals surface area contributed by atoms with Crippen LogP contribution >= 0.6 is 0 Å². The molecule has 2 aliphatic rings. The second-order valence-electron chi connectivity index (χ2n) is 8.92. The highest BCUT2D eigenvalue weighted by Crippen LogP contribution is 2.55. The number of aryl methyl sites for hydroxylation is 1. The van der Waals surface area contributed by atoms with Gasteiger partial charge in [-0.15, -0.1) is 0 Å². The number of nitrogens with zero attached hydrogens (tertiary/aromatic N) is 2. The van der Waals surface area contributed by atoms with E-state index in [-0.39, 0.29) is 17.3 Å². The number of carbonyl (C=O) groups excluding carboxylic acids is 1. The Balaban J connectivity index is 1.78. The Hall–Kier alpha value is -3.01. The van der Waals surface area contributed by atoms with E-state index in [1.54, 1.807) is 7.11 Å². The van der Waals surface area contributed by atoms with Gasteiger partial charge in [0.1, 0.15) is 17.4 Å². The van der Waals surface area contributed by atoms with Crippen LogP contribution in [0.15, 0.2) is 54.6 Å². The second-order valence-corrected chi connectivity index (χ2v) is 8.92. The fourth-order valence-electron chi connectivity index (χ4n) is 5.92. The topological polar surface area (TPSA) is 52.1 Å². The predicted octanol–water partition coefficient (Wildman–Crippen LogP) is 5.31. The van der Waals surface area contributed by atoms with Crippen molar-refractivity contribution < 1.29 is 9.53 Å². The number of fused-ring (bicyclic) bond motifs is 3. The fourth-order valence-corrected chi connectivity index (χ4v) is 5.92. The molecular formula is C27H28N2O2. The molecule has 5 rings (SSSR count). The van der Waals surface area contributed by atoms with Gasteiger partial charge in [0.15, 0.2) is 0 Å². The van der Waals surface area contributed by atoms with Crippen LogP contribution in [0.3, 0.4) is 0 Å². The van der Waals surface area contributed by atoms with Crippen LogP contribution in [0.25, 0.3) is 11.3 Å². The largest absolute Gasteiger partial charge is 0.497 e. The van der Waals surface area contributed by atoms with Crippen molar-refractivity contribution in [1.82, 2.24) is 9.97 Å². The smallest absolute Gasteiger partial charge is 0.136 e. The van der Waals surface area contributed by atoms with Crippen molar-refractivity contribution in [2.45, 2.75) is 44.9 Å². The number of hydrogen-bond donors (Lipinski definition) is 0. The summed E-state index contributed by atoms with van der Waals surface area (Å²) in [4.78, 5) is 22.7. The van der Waals surface area contributed by atoms with Gasteiger partial charge in [-0.25, -0.2) is 9.97 Å². The van der Waals surface area contributed by atoms with Crippen LogP contribution in [-0.4, -0.2) is 22.9 Å². The average Bonchev–Trinajstić information content (AvgIpc) is 2.81. The van der Waals surface area contributed by atoms with E-state index in [1.807, 2.05) is 19.1 Å². The Bertz CT molecular complexity index is 1140. The lowest BCUT2D eigenvalue weighted by molar-refractivity contribution is -0.128. The monoisotopic (exact) mass is 412 g/mol. The lowest BCUT2D eigenvalue weighted by Crippen LogP contribution is -2.50. The molecule has 3 aromatic rings. The zero-order chi connectivity index (χ0) is 21.6. The number of carbonyl (C=O) groups is 1. The molecule has 0 radical (unpaired) electrons. The fraction of sp³-hybridized carbons (Fsp3) is 0.370. The molecule has 4 heteroatoms. The lowest BCUT2D eigenvalue weighted by atomic mass is 9.52. The normalized spacial score (nSPS) is 24.9. The Morgan fingerprint density at radius 1 is 1.03 bits per heavy atom. The Morgan fingerprint density at radius 2 is 1.84 bits per heavy atom. The summed E-state index contributed by atoms with van der Waals surface area (Å²) in [6, 6.07) is 18.8. The van der Waals surface area contributed by atoms with Crippen molar-refractivity contribution in [2.75, 3.05) is 7.11 Å². The molecule has 4 nitrogen and oxygen atoms in total. The SMILES string of the molecule is COc1cccc(-c2nc(C)nc3c2CC[C@H]2[C@H](C)C(=O)CC[C@]32c2ccccc2)c1. The third-order valence-electron chi connectivity index (χ3n) is 7.39. The number of hydrogen-bond acceptors (Lipinski definition) is 4. The molecular weight excluding hydrogens is 384 g/mol. The van der Waals surface area contributed by atoms with E-state index in [9.17, 15) is 4.79 Å². The van der Waals surface area contributed by atoms with Crippen LogP contribution in [0.1, 0.15) is 48.8 Å².